The van der Waals surface area contributed by atoms with E-state index >= 15 is 0 Å². The lowest BCUT2D eigenvalue weighted by atomic mass is 10.1. The Hall–Kier alpha value is -3.66. The van der Waals surface area contributed by atoms with E-state index in [9.17, 15) is 19.8 Å². The first-order chi connectivity index (χ1) is 14.9. The van der Waals surface area contributed by atoms with Gasteiger partial charge in [-0.3, -0.25) is 9.69 Å². The summed E-state index contributed by atoms with van der Waals surface area (Å²) >= 11 is 0. The van der Waals surface area contributed by atoms with Gasteiger partial charge in [0.1, 0.15) is 5.75 Å². The average Bonchev–Trinajstić information content (AvgIpc) is 2.77. The highest BCUT2D eigenvalue weighted by Gasteiger charge is 2.18. The quantitative estimate of drug-likeness (QED) is 0.725. The van der Waals surface area contributed by atoms with Crippen LogP contribution in [-0.2, 0) is 11.2 Å². The lowest BCUT2D eigenvalue weighted by molar-refractivity contribution is -0.129. The van der Waals surface area contributed by atoms with Gasteiger partial charge < -0.3 is 20.0 Å². The second-order valence-electron chi connectivity index (χ2n) is 7.46. The van der Waals surface area contributed by atoms with Gasteiger partial charge in [0.2, 0.25) is 5.91 Å². The molecule has 1 heterocycles. The average molecular weight is 421 g/mol. The van der Waals surface area contributed by atoms with Crippen molar-refractivity contribution in [1.29, 1.82) is 0 Å². The molecule has 1 aliphatic heterocycles. The molecule has 0 unspecified atom stereocenters. The zero-order valence-corrected chi connectivity index (χ0v) is 17.6. The lowest BCUT2D eigenvalue weighted by Gasteiger charge is -2.35. The molecule has 2 N–H and O–H groups in total. The van der Waals surface area contributed by atoms with Crippen LogP contribution in [0, 0.1) is 11.8 Å². The van der Waals surface area contributed by atoms with Crippen LogP contribution in [0.25, 0.3) is 0 Å². The molecular formula is C24H27N3O4. The van der Waals surface area contributed by atoms with Crippen LogP contribution in [0.15, 0.2) is 48.5 Å². The Morgan fingerprint density at radius 3 is 2.23 bits per heavy atom. The van der Waals surface area contributed by atoms with Crippen LogP contribution in [0.2, 0.25) is 0 Å². The molecule has 2 aromatic rings. The third-order valence-corrected chi connectivity index (χ3v) is 5.34. The molecule has 2 amide bonds. The predicted molar refractivity (Wildman–Crippen MR) is 119 cm³/mol. The highest BCUT2D eigenvalue weighted by molar-refractivity contribution is 5.73. The van der Waals surface area contributed by atoms with Gasteiger partial charge >= 0.3 is 6.09 Å². The molecule has 0 saturated carbocycles. The molecule has 0 spiro atoms. The van der Waals surface area contributed by atoms with Crippen LogP contribution in [-0.4, -0.2) is 71.3 Å². The summed E-state index contributed by atoms with van der Waals surface area (Å²) in [5, 5.41) is 18.7. The molecule has 0 bridgehead atoms. The van der Waals surface area contributed by atoms with Crippen LogP contribution in [0.3, 0.4) is 0 Å². The molecule has 0 atom stereocenters. The first kappa shape index (κ1) is 22.0. The number of phenols is 1. The van der Waals surface area contributed by atoms with Crippen LogP contribution in [0.5, 0.6) is 5.75 Å². The predicted octanol–water partition coefficient (Wildman–Crippen LogP) is 2.63. The van der Waals surface area contributed by atoms with Gasteiger partial charge in [-0.2, -0.15) is 0 Å². The number of aromatic hydroxyl groups is 1. The van der Waals surface area contributed by atoms with Crippen molar-refractivity contribution in [3.8, 4) is 17.6 Å². The fraction of sp³-hybridized carbons (Fsp3) is 0.333. The Morgan fingerprint density at radius 2 is 1.65 bits per heavy atom. The third-order valence-electron chi connectivity index (χ3n) is 5.34. The van der Waals surface area contributed by atoms with E-state index < -0.39 is 6.09 Å². The molecule has 1 saturated heterocycles. The number of phenolic OH excluding ortho intramolecular Hbond substituents is 1. The Balaban J connectivity index is 1.52. The summed E-state index contributed by atoms with van der Waals surface area (Å²) in [6.07, 6.45) is -0.451. The minimum Gasteiger partial charge on any atom is -0.508 e. The normalized spacial score (nSPS) is 13.3. The second-order valence-corrected chi connectivity index (χ2v) is 7.46. The second kappa shape index (κ2) is 10.4. The highest BCUT2D eigenvalue weighted by Crippen LogP contribution is 2.17. The largest absolute Gasteiger partial charge is 0.508 e. The number of rotatable bonds is 5. The van der Waals surface area contributed by atoms with Crippen molar-refractivity contribution in [2.24, 2.45) is 0 Å². The van der Waals surface area contributed by atoms with Gasteiger partial charge in [0, 0.05) is 50.9 Å². The van der Waals surface area contributed by atoms with Crippen molar-refractivity contribution in [3.05, 3.63) is 59.7 Å². The molecule has 7 nitrogen and oxygen atoms in total. The zero-order chi connectivity index (χ0) is 22.2. The molecule has 1 fully saturated rings. The summed E-state index contributed by atoms with van der Waals surface area (Å²) in [4.78, 5) is 28.3. The van der Waals surface area contributed by atoms with Gasteiger partial charge in [-0.1, -0.05) is 24.0 Å². The molecule has 1 aliphatic rings. The van der Waals surface area contributed by atoms with Gasteiger partial charge in [-0.05, 0) is 48.4 Å². The Morgan fingerprint density at radius 1 is 1.00 bits per heavy atom. The molecular weight excluding hydrogens is 394 g/mol. The number of nitrogens with zero attached hydrogens (tertiary/aromatic N) is 3. The molecule has 2 aromatic carbocycles. The van der Waals surface area contributed by atoms with E-state index in [2.05, 4.69) is 16.7 Å². The van der Waals surface area contributed by atoms with E-state index in [4.69, 9.17) is 0 Å². The Kier molecular flexibility index (Phi) is 7.39. The Bertz CT molecular complexity index is 953. The molecule has 0 aromatic heterocycles. The van der Waals surface area contributed by atoms with E-state index in [0.29, 0.717) is 13.0 Å². The summed E-state index contributed by atoms with van der Waals surface area (Å²) in [6, 6.07) is 14.6. The van der Waals surface area contributed by atoms with E-state index in [0.717, 1.165) is 43.0 Å². The molecule has 0 radical (unpaired) electrons. The summed E-state index contributed by atoms with van der Waals surface area (Å²) in [7, 11) is 0. The molecule has 7 heteroatoms. The van der Waals surface area contributed by atoms with E-state index in [1.165, 1.54) is 4.90 Å². The standard InChI is InChI=1S/C24H27N3O4/c1-19(28)25-15-17-26(18-16-25)22-8-4-20(5-9-22)3-2-13-27(24(30)31)14-12-21-6-10-23(29)11-7-21/h4-11,29H,12-18H2,1H3,(H,30,31). The summed E-state index contributed by atoms with van der Waals surface area (Å²) in [5.74, 6) is 6.27. The topological polar surface area (TPSA) is 84.3 Å². The van der Waals surface area contributed by atoms with Crippen molar-refractivity contribution in [2.75, 3.05) is 44.2 Å². The molecule has 31 heavy (non-hydrogen) atoms. The fourth-order valence-corrected chi connectivity index (χ4v) is 3.44. The SMILES string of the molecule is CC(=O)N1CCN(c2ccc(C#CCN(CCc3ccc(O)cc3)C(=O)O)cc2)CC1. The van der Waals surface area contributed by atoms with Crippen molar-refractivity contribution < 1.29 is 19.8 Å². The van der Waals surface area contributed by atoms with E-state index in [1.54, 1.807) is 31.2 Å². The summed E-state index contributed by atoms with van der Waals surface area (Å²) in [5.41, 5.74) is 2.88. The zero-order valence-electron chi connectivity index (χ0n) is 17.6. The first-order valence-electron chi connectivity index (χ1n) is 10.3. The van der Waals surface area contributed by atoms with Gasteiger partial charge in [-0.15, -0.1) is 0 Å². The lowest BCUT2D eigenvalue weighted by Crippen LogP contribution is -2.48. The molecule has 3 rings (SSSR count). The number of anilines is 1. The van der Waals surface area contributed by atoms with Crippen LogP contribution in [0.1, 0.15) is 18.1 Å². The van der Waals surface area contributed by atoms with Gasteiger partial charge in [0.15, 0.2) is 0 Å². The minimum absolute atomic E-state index is 0.115. The molecule has 162 valence electrons. The minimum atomic E-state index is -1.01. The van der Waals surface area contributed by atoms with Gasteiger partial charge in [0.05, 0.1) is 6.54 Å². The van der Waals surface area contributed by atoms with Crippen molar-refractivity contribution in [1.82, 2.24) is 9.80 Å². The fourth-order valence-electron chi connectivity index (χ4n) is 3.44. The monoisotopic (exact) mass is 421 g/mol. The first-order valence-corrected chi connectivity index (χ1v) is 10.3. The van der Waals surface area contributed by atoms with E-state index in [-0.39, 0.29) is 18.2 Å². The van der Waals surface area contributed by atoms with Crippen LogP contribution < -0.4 is 4.90 Å². The number of carboxylic acid groups (broad SMARTS) is 1. The Labute approximate surface area is 182 Å². The van der Waals surface area contributed by atoms with Crippen molar-refractivity contribution >= 4 is 17.7 Å². The van der Waals surface area contributed by atoms with Crippen molar-refractivity contribution in [2.45, 2.75) is 13.3 Å². The summed E-state index contributed by atoms with van der Waals surface area (Å²) < 4.78 is 0. The smallest absolute Gasteiger partial charge is 0.408 e. The van der Waals surface area contributed by atoms with Gasteiger partial charge in [0.25, 0.3) is 0 Å². The third kappa shape index (κ3) is 6.41. The maximum Gasteiger partial charge on any atom is 0.408 e. The number of benzene rings is 2. The maximum absolute atomic E-state index is 11.5. The number of hydrogen-bond acceptors (Lipinski definition) is 4. The number of amides is 2. The number of carbonyl (C=O) groups excluding carboxylic acids is 1. The number of carbonyl (C=O) groups is 2. The molecule has 0 aliphatic carbocycles. The van der Waals surface area contributed by atoms with Crippen LogP contribution >= 0.6 is 0 Å². The van der Waals surface area contributed by atoms with Gasteiger partial charge in [-0.25, -0.2) is 4.79 Å². The van der Waals surface area contributed by atoms with Crippen LogP contribution in [0.4, 0.5) is 10.5 Å². The highest BCUT2D eigenvalue weighted by atomic mass is 16.4. The van der Waals surface area contributed by atoms with E-state index in [1.807, 2.05) is 29.2 Å². The van der Waals surface area contributed by atoms with Crippen molar-refractivity contribution in [3.63, 3.8) is 0 Å². The number of hydrogen-bond donors (Lipinski definition) is 2. The maximum atomic E-state index is 11.5. The number of piperazine rings is 1. The summed E-state index contributed by atoms with van der Waals surface area (Å²) in [6.45, 7) is 5.13.